The molecule has 0 unspecified atom stereocenters. The van der Waals surface area contributed by atoms with Crippen LogP contribution in [0.4, 0.5) is 0 Å². The molecule has 5 nitrogen and oxygen atoms in total. The zero-order chi connectivity index (χ0) is 13.5. The van der Waals surface area contributed by atoms with Gasteiger partial charge in [0, 0.05) is 38.8 Å². The van der Waals surface area contributed by atoms with E-state index in [4.69, 9.17) is 10.5 Å². The largest absolute Gasteiger partial charge is 0.492 e. The van der Waals surface area contributed by atoms with Crippen molar-refractivity contribution in [2.24, 2.45) is 5.73 Å². The third-order valence-corrected chi connectivity index (χ3v) is 3.25. The summed E-state index contributed by atoms with van der Waals surface area (Å²) in [6.45, 7) is 4.90. The number of piperazine rings is 1. The summed E-state index contributed by atoms with van der Waals surface area (Å²) in [5.41, 5.74) is 5.35. The van der Waals surface area contributed by atoms with Crippen LogP contribution >= 0.6 is 0 Å². The van der Waals surface area contributed by atoms with Crippen molar-refractivity contribution in [3.63, 3.8) is 0 Å². The van der Waals surface area contributed by atoms with Gasteiger partial charge in [0.2, 0.25) is 5.91 Å². The van der Waals surface area contributed by atoms with Crippen LogP contribution in [0.3, 0.4) is 0 Å². The average Bonchev–Trinajstić information content (AvgIpc) is 2.48. The van der Waals surface area contributed by atoms with Gasteiger partial charge in [0.25, 0.3) is 0 Å². The number of para-hydroxylation sites is 1. The average molecular weight is 262 g/mol. The van der Waals surface area contributed by atoms with E-state index in [9.17, 15) is 4.79 Å². The Morgan fingerprint density at radius 3 is 2.74 bits per heavy atom. The number of benzene rings is 1. The van der Waals surface area contributed by atoms with Gasteiger partial charge in [-0.15, -0.1) is 0 Å². The summed E-state index contributed by atoms with van der Waals surface area (Å²) in [6, 6.07) is 10.6. The fraction of sp³-hybridized carbons (Fsp3) is 0.500. The normalized spacial score (nSPS) is 16.4. The standard InChI is InChI=1S/C14H20N3O2/c15-12-14(18)17-8-6-16(7-9-17)10-11-19-13-4-2-1-3-5-13/h1-4H,6-12,15H2. The number of rotatable bonds is 5. The van der Waals surface area contributed by atoms with Crippen molar-refractivity contribution in [1.29, 1.82) is 0 Å². The second-order valence-electron chi connectivity index (χ2n) is 4.50. The van der Waals surface area contributed by atoms with Gasteiger partial charge in [0.05, 0.1) is 6.54 Å². The number of hydrogen-bond acceptors (Lipinski definition) is 4. The predicted octanol–water partition coefficient (Wildman–Crippen LogP) is -0.0315. The number of nitrogens with zero attached hydrogens (tertiary/aromatic N) is 2. The lowest BCUT2D eigenvalue weighted by Crippen LogP contribution is -2.50. The zero-order valence-corrected chi connectivity index (χ0v) is 11.0. The summed E-state index contributed by atoms with van der Waals surface area (Å²) in [4.78, 5) is 15.5. The molecule has 0 aromatic heterocycles. The first-order chi connectivity index (χ1) is 9.29. The Labute approximate surface area is 113 Å². The molecule has 1 radical (unpaired) electrons. The molecule has 1 saturated heterocycles. The molecule has 103 valence electrons. The molecular weight excluding hydrogens is 242 g/mol. The van der Waals surface area contributed by atoms with Crippen molar-refractivity contribution in [3.8, 4) is 5.75 Å². The van der Waals surface area contributed by atoms with E-state index in [1.807, 2.05) is 29.2 Å². The van der Waals surface area contributed by atoms with Crippen molar-refractivity contribution >= 4 is 5.91 Å². The monoisotopic (exact) mass is 262 g/mol. The van der Waals surface area contributed by atoms with Gasteiger partial charge in [-0.2, -0.15) is 0 Å². The Morgan fingerprint density at radius 1 is 1.32 bits per heavy atom. The molecule has 1 aromatic carbocycles. The Bertz CT molecular complexity index is 389. The molecule has 1 aliphatic heterocycles. The van der Waals surface area contributed by atoms with Crippen LogP contribution in [0.15, 0.2) is 24.3 Å². The molecule has 0 saturated carbocycles. The maximum Gasteiger partial charge on any atom is 0.236 e. The van der Waals surface area contributed by atoms with Crippen molar-refractivity contribution < 1.29 is 9.53 Å². The van der Waals surface area contributed by atoms with E-state index in [0.717, 1.165) is 38.5 Å². The lowest BCUT2D eigenvalue weighted by atomic mass is 10.3. The van der Waals surface area contributed by atoms with Crippen LogP contribution in [0.2, 0.25) is 0 Å². The Balaban J connectivity index is 1.65. The molecule has 0 atom stereocenters. The smallest absolute Gasteiger partial charge is 0.236 e. The fourth-order valence-corrected chi connectivity index (χ4v) is 2.10. The van der Waals surface area contributed by atoms with Crippen LogP contribution in [0.5, 0.6) is 5.75 Å². The van der Waals surface area contributed by atoms with E-state index in [1.54, 1.807) is 0 Å². The summed E-state index contributed by atoms with van der Waals surface area (Å²) in [5, 5.41) is 0. The Hall–Kier alpha value is -1.59. The summed E-state index contributed by atoms with van der Waals surface area (Å²) in [5.74, 6) is 0.814. The topological polar surface area (TPSA) is 58.8 Å². The minimum absolute atomic E-state index is 0.0368. The third kappa shape index (κ3) is 4.22. The summed E-state index contributed by atoms with van der Waals surface area (Å²) in [6.07, 6.45) is 0. The lowest BCUT2D eigenvalue weighted by Gasteiger charge is -2.34. The van der Waals surface area contributed by atoms with Gasteiger partial charge in [-0.05, 0) is 6.07 Å². The van der Waals surface area contributed by atoms with Gasteiger partial charge in [-0.1, -0.05) is 18.2 Å². The molecular formula is C14H20N3O2. The molecule has 1 fully saturated rings. The second-order valence-corrected chi connectivity index (χ2v) is 4.50. The van der Waals surface area contributed by atoms with Crippen molar-refractivity contribution in [2.75, 3.05) is 45.9 Å². The number of carbonyl (C=O) groups is 1. The first-order valence-electron chi connectivity index (χ1n) is 6.59. The van der Waals surface area contributed by atoms with Gasteiger partial charge in [0.15, 0.2) is 0 Å². The highest BCUT2D eigenvalue weighted by atomic mass is 16.5. The number of carbonyl (C=O) groups excluding carboxylic acids is 1. The van der Waals surface area contributed by atoms with Gasteiger partial charge in [-0.25, -0.2) is 0 Å². The summed E-state index contributed by atoms with van der Waals surface area (Å²) >= 11 is 0. The molecule has 2 N–H and O–H groups in total. The Morgan fingerprint density at radius 2 is 2.11 bits per heavy atom. The summed E-state index contributed by atoms with van der Waals surface area (Å²) in [7, 11) is 0. The fourth-order valence-electron chi connectivity index (χ4n) is 2.10. The van der Waals surface area contributed by atoms with E-state index < -0.39 is 0 Å². The number of hydrogen-bond donors (Lipinski definition) is 1. The first-order valence-corrected chi connectivity index (χ1v) is 6.59. The van der Waals surface area contributed by atoms with E-state index in [-0.39, 0.29) is 12.5 Å². The molecule has 1 aromatic rings. The van der Waals surface area contributed by atoms with E-state index >= 15 is 0 Å². The molecule has 1 heterocycles. The van der Waals surface area contributed by atoms with Gasteiger partial charge < -0.3 is 15.4 Å². The maximum atomic E-state index is 11.4. The maximum absolute atomic E-state index is 11.4. The molecule has 1 amide bonds. The van der Waals surface area contributed by atoms with Gasteiger partial charge in [0.1, 0.15) is 12.4 Å². The molecule has 0 bridgehead atoms. The molecule has 2 rings (SSSR count). The quantitative estimate of drug-likeness (QED) is 0.809. The highest BCUT2D eigenvalue weighted by Crippen LogP contribution is 2.07. The number of nitrogens with two attached hydrogens (primary N) is 1. The van der Waals surface area contributed by atoms with Gasteiger partial charge >= 0.3 is 0 Å². The van der Waals surface area contributed by atoms with Crippen molar-refractivity contribution in [1.82, 2.24) is 9.80 Å². The van der Waals surface area contributed by atoms with E-state index in [2.05, 4.69) is 11.0 Å². The molecule has 0 spiro atoms. The van der Waals surface area contributed by atoms with Crippen LogP contribution < -0.4 is 10.5 Å². The van der Waals surface area contributed by atoms with Crippen LogP contribution in [0, 0.1) is 6.07 Å². The molecule has 19 heavy (non-hydrogen) atoms. The SMILES string of the molecule is NCC(=O)N1CCN(CCOc2[c]cccc2)CC1. The predicted molar refractivity (Wildman–Crippen MR) is 72.8 cm³/mol. The number of ether oxygens (including phenoxy) is 1. The summed E-state index contributed by atoms with van der Waals surface area (Å²) < 4.78 is 5.61. The van der Waals surface area contributed by atoms with Crippen LogP contribution in [0.1, 0.15) is 0 Å². The highest BCUT2D eigenvalue weighted by molar-refractivity contribution is 5.78. The van der Waals surface area contributed by atoms with E-state index in [0.29, 0.717) is 6.61 Å². The van der Waals surface area contributed by atoms with Crippen LogP contribution in [-0.2, 0) is 4.79 Å². The molecule has 1 aliphatic rings. The number of amides is 1. The lowest BCUT2D eigenvalue weighted by molar-refractivity contribution is -0.131. The molecule has 5 heteroatoms. The molecule has 0 aliphatic carbocycles. The zero-order valence-electron chi connectivity index (χ0n) is 11.0. The highest BCUT2D eigenvalue weighted by Gasteiger charge is 2.19. The Kier molecular flexibility index (Phi) is 5.18. The van der Waals surface area contributed by atoms with Crippen LogP contribution in [0.25, 0.3) is 0 Å². The van der Waals surface area contributed by atoms with Crippen LogP contribution in [-0.4, -0.2) is 61.6 Å². The van der Waals surface area contributed by atoms with Crippen molar-refractivity contribution in [2.45, 2.75) is 0 Å². The van der Waals surface area contributed by atoms with E-state index in [1.165, 1.54) is 0 Å². The minimum Gasteiger partial charge on any atom is -0.492 e. The third-order valence-electron chi connectivity index (χ3n) is 3.25. The second kappa shape index (κ2) is 7.11. The first kappa shape index (κ1) is 13.8. The minimum atomic E-state index is 0.0368. The van der Waals surface area contributed by atoms with Gasteiger partial charge in [-0.3, -0.25) is 9.69 Å². The van der Waals surface area contributed by atoms with Crippen molar-refractivity contribution in [3.05, 3.63) is 30.3 Å².